The highest BCUT2D eigenvalue weighted by atomic mass is 16.5. The lowest BCUT2D eigenvalue weighted by Crippen LogP contribution is -2.36. The van der Waals surface area contributed by atoms with E-state index >= 15 is 0 Å². The van der Waals surface area contributed by atoms with Crippen LogP contribution in [0.4, 0.5) is 0 Å². The largest absolute Gasteiger partial charge is 0.493 e. The highest BCUT2D eigenvalue weighted by Crippen LogP contribution is 2.39. The Morgan fingerprint density at radius 2 is 2.03 bits per heavy atom. The second-order valence-corrected chi connectivity index (χ2v) is 9.64. The number of pyridine rings is 1. The number of hydrogen-bond acceptors (Lipinski definition) is 5. The molecule has 0 spiro atoms. The highest BCUT2D eigenvalue weighted by Gasteiger charge is 2.24. The van der Waals surface area contributed by atoms with E-state index < -0.39 is 0 Å². The number of aromatic nitrogens is 4. The van der Waals surface area contributed by atoms with E-state index in [-0.39, 0.29) is 0 Å². The second-order valence-electron chi connectivity index (χ2n) is 9.64. The summed E-state index contributed by atoms with van der Waals surface area (Å²) in [6, 6.07) is 8.91. The predicted octanol–water partition coefficient (Wildman–Crippen LogP) is 5.17. The number of ketones is 1. The van der Waals surface area contributed by atoms with Crippen LogP contribution in [0.25, 0.3) is 27.8 Å². The number of fused-ring (bicyclic) bond motifs is 2. The molecule has 178 valence electrons. The molecule has 0 amide bonds. The Labute approximate surface area is 200 Å². The minimum absolute atomic E-state index is 0.335. The fourth-order valence-electron chi connectivity index (χ4n) is 5.28. The number of H-pyrrole nitrogens is 1. The number of likely N-dealkylation sites (tertiary alicyclic amines) is 1. The van der Waals surface area contributed by atoms with E-state index in [0.717, 1.165) is 42.7 Å². The zero-order chi connectivity index (χ0) is 23.8. The van der Waals surface area contributed by atoms with Crippen LogP contribution in [0.3, 0.4) is 0 Å². The highest BCUT2D eigenvalue weighted by molar-refractivity contribution is 5.92. The summed E-state index contributed by atoms with van der Waals surface area (Å²) in [5, 5.41) is 5.61. The van der Waals surface area contributed by atoms with Crippen molar-refractivity contribution in [2.24, 2.45) is 0 Å². The van der Waals surface area contributed by atoms with Crippen molar-refractivity contribution in [3.05, 3.63) is 47.9 Å². The van der Waals surface area contributed by atoms with Crippen molar-refractivity contribution in [1.29, 1.82) is 0 Å². The average Bonchev–Trinajstić information content (AvgIpc) is 3.48. The van der Waals surface area contributed by atoms with E-state index in [2.05, 4.69) is 52.0 Å². The zero-order valence-electron chi connectivity index (χ0n) is 20.5. The van der Waals surface area contributed by atoms with Gasteiger partial charge in [0.05, 0.1) is 19.3 Å². The third kappa shape index (κ3) is 4.09. The van der Waals surface area contributed by atoms with Gasteiger partial charge in [0, 0.05) is 29.1 Å². The number of hydrogen-bond donors (Lipinski definition) is 1. The first kappa shape index (κ1) is 22.6. The van der Waals surface area contributed by atoms with Crippen LogP contribution in [0.1, 0.15) is 63.0 Å². The minimum atomic E-state index is 0.335. The summed E-state index contributed by atoms with van der Waals surface area (Å²) in [7, 11) is 1.66. The van der Waals surface area contributed by atoms with Gasteiger partial charge in [-0.3, -0.25) is 9.69 Å². The number of rotatable bonds is 7. The molecule has 5 rings (SSSR count). The van der Waals surface area contributed by atoms with Crippen molar-refractivity contribution in [2.75, 3.05) is 26.7 Å². The Bertz CT molecular complexity index is 1330. The molecule has 0 radical (unpaired) electrons. The normalized spacial score (nSPS) is 15.6. The molecule has 0 bridgehead atoms. The summed E-state index contributed by atoms with van der Waals surface area (Å²) in [6.45, 7) is 9.01. The number of methoxy groups -OCH3 is 1. The van der Waals surface area contributed by atoms with Crippen molar-refractivity contribution in [2.45, 2.75) is 51.9 Å². The van der Waals surface area contributed by atoms with Crippen LogP contribution in [0.5, 0.6) is 5.75 Å². The number of nitrogens with one attached hydrogen (secondary N) is 1. The van der Waals surface area contributed by atoms with E-state index in [0.29, 0.717) is 42.0 Å². The number of carbonyl (C=O) groups is 1. The van der Waals surface area contributed by atoms with Crippen LogP contribution in [0.2, 0.25) is 0 Å². The molecular weight excluding hydrogens is 426 g/mol. The number of Topliss-reactive ketones (excluding diaryl/α,β-unsaturated/α-hetero) is 1. The van der Waals surface area contributed by atoms with E-state index in [4.69, 9.17) is 4.74 Å². The van der Waals surface area contributed by atoms with Gasteiger partial charge >= 0.3 is 0 Å². The number of aromatic amines is 1. The van der Waals surface area contributed by atoms with Gasteiger partial charge < -0.3 is 9.72 Å². The topological polar surface area (TPSA) is 75.5 Å². The van der Waals surface area contributed by atoms with Crippen molar-refractivity contribution < 1.29 is 9.53 Å². The molecule has 0 atom stereocenters. The molecule has 1 aliphatic rings. The van der Waals surface area contributed by atoms with Gasteiger partial charge in [-0.2, -0.15) is 5.10 Å². The van der Waals surface area contributed by atoms with Gasteiger partial charge in [0.2, 0.25) is 0 Å². The van der Waals surface area contributed by atoms with Crippen molar-refractivity contribution in [1.82, 2.24) is 24.5 Å². The molecule has 1 saturated heterocycles. The molecule has 34 heavy (non-hydrogen) atoms. The lowest BCUT2D eigenvalue weighted by molar-refractivity contribution is -0.120. The molecule has 0 unspecified atom stereocenters. The van der Waals surface area contributed by atoms with Crippen molar-refractivity contribution in [3.63, 3.8) is 0 Å². The minimum Gasteiger partial charge on any atom is -0.493 e. The van der Waals surface area contributed by atoms with Gasteiger partial charge in [-0.05, 0) is 67.1 Å². The Kier molecular flexibility index (Phi) is 6.13. The van der Waals surface area contributed by atoms with Crippen LogP contribution in [0, 0.1) is 0 Å². The van der Waals surface area contributed by atoms with Gasteiger partial charge in [0.25, 0.3) is 0 Å². The van der Waals surface area contributed by atoms with E-state index in [1.54, 1.807) is 18.0 Å². The SMILES string of the molecule is CCC(=O)CN1CCC(c2ccc3[nH]c(-c4cc(OC)c5ncnn5c4)c(C(C)C)c3c2)CC1. The number of ether oxygens (including phenoxy) is 1. The molecule has 3 aromatic heterocycles. The first-order valence-corrected chi connectivity index (χ1v) is 12.3. The molecule has 7 heteroatoms. The fraction of sp³-hybridized carbons (Fsp3) is 0.444. The number of nitrogens with zero attached hydrogens (tertiary/aromatic N) is 4. The number of benzene rings is 1. The molecule has 1 fully saturated rings. The zero-order valence-corrected chi connectivity index (χ0v) is 20.5. The van der Waals surface area contributed by atoms with E-state index in [9.17, 15) is 4.79 Å². The summed E-state index contributed by atoms with van der Waals surface area (Å²) in [4.78, 5) is 22.1. The standard InChI is InChI=1S/C27H33N5O2/c1-5-21(33)15-31-10-8-18(9-11-31)19-6-7-23-22(12-19)25(17(2)3)26(30-23)20-13-24(34-4)27-28-16-29-32(27)14-20/h6-7,12-14,16-18,30H,5,8-11,15H2,1-4H3. The molecule has 1 N–H and O–H groups in total. The summed E-state index contributed by atoms with van der Waals surface area (Å²) in [6.07, 6.45) is 6.37. The first-order valence-electron chi connectivity index (χ1n) is 12.3. The first-order chi connectivity index (χ1) is 16.5. The third-order valence-electron chi connectivity index (χ3n) is 7.14. The van der Waals surface area contributed by atoms with Crippen LogP contribution < -0.4 is 4.74 Å². The maximum Gasteiger partial charge on any atom is 0.197 e. The molecular formula is C27H33N5O2. The smallest absolute Gasteiger partial charge is 0.197 e. The van der Waals surface area contributed by atoms with Crippen LogP contribution in [-0.4, -0.2) is 57.0 Å². The Morgan fingerprint density at radius 3 is 2.74 bits per heavy atom. The summed E-state index contributed by atoms with van der Waals surface area (Å²) >= 11 is 0. The third-order valence-corrected chi connectivity index (χ3v) is 7.14. The van der Waals surface area contributed by atoms with Gasteiger partial charge in [0.15, 0.2) is 11.4 Å². The second kappa shape index (κ2) is 9.22. The lowest BCUT2D eigenvalue weighted by Gasteiger charge is -2.31. The quantitative estimate of drug-likeness (QED) is 0.413. The molecule has 4 heterocycles. The molecule has 1 aromatic carbocycles. The van der Waals surface area contributed by atoms with E-state index in [1.165, 1.54) is 16.5 Å². The molecule has 0 aliphatic carbocycles. The average molecular weight is 460 g/mol. The van der Waals surface area contributed by atoms with Crippen LogP contribution >= 0.6 is 0 Å². The maximum absolute atomic E-state index is 11.8. The Balaban J connectivity index is 1.49. The molecule has 4 aromatic rings. The monoisotopic (exact) mass is 459 g/mol. The Hall–Kier alpha value is -3.19. The molecule has 0 saturated carbocycles. The van der Waals surface area contributed by atoms with Crippen molar-refractivity contribution >= 4 is 22.3 Å². The van der Waals surface area contributed by atoms with Gasteiger partial charge in [-0.1, -0.05) is 26.8 Å². The molecule has 1 aliphatic heterocycles. The maximum atomic E-state index is 11.8. The van der Waals surface area contributed by atoms with Gasteiger partial charge in [-0.15, -0.1) is 0 Å². The van der Waals surface area contributed by atoms with Crippen molar-refractivity contribution in [3.8, 4) is 17.0 Å². The number of piperidine rings is 1. The predicted molar refractivity (Wildman–Crippen MR) is 135 cm³/mol. The van der Waals surface area contributed by atoms with E-state index in [1.807, 2.05) is 19.2 Å². The summed E-state index contributed by atoms with van der Waals surface area (Å²) in [5.41, 5.74) is 6.69. The summed E-state index contributed by atoms with van der Waals surface area (Å²) in [5.74, 6) is 1.92. The van der Waals surface area contributed by atoms with Crippen LogP contribution in [0.15, 0.2) is 36.8 Å². The fourth-order valence-corrected chi connectivity index (χ4v) is 5.28. The number of carbonyl (C=O) groups excluding carboxylic acids is 1. The van der Waals surface area contributed by atoms with Gasteiger partial charge in [-0.25, -0.2) is 9.50 Å². The van der Waals surface area contributed by atoms with Crippen LogP contribution in [-0.2, 0) is 4.79 Å². The lowest BCUT2D eigenvalue weighted by atomic mass is 9.87. The summed E-state index contributed by atoms with van der Waals surface area (Å²) < 4.78 is 7.37. The van der Waals surface area contributed by atoms with Gasteiger partial charge in [0.1, 0.15) is 12.1 Å². The Morgan fingerprint density at radius 1 is 1.24 bits per heavy atom. The molecule has 7 nitrogen and oxygen atoms in total.